The van der Waals surface area contributed by atoms with Gasteiger partial charge in [0, 0.05) is 12.1 Å². The molecule has 1 rings (SSSR count). The Labute approximate surface area is 124 Å². The van der Waals surface area contributed by atoms with Crippen LogP contribution in [0.5, 0.6) is 0 Å². The van der Waals surface area contributed by atoms with Gasteiger partial charge in [-0.05, 0) is 46.5 Å². The van der Waals surface area contributed by atoms with E-state index in [1.54, 1.807) is 20.8 Å². The van der Waals surface area contributed by atoms with Crippen LogP contribution in [0.1, 0.15) is 46.5 Å². The summed E-state index contributed by atoms with van der Waals surface area (Å²) < 4.78 is 31.0. The summed E-state index contributed by atoms with van der Waals surface area (Å²) in [6, 6.07) is 0.0235. The third-order valence-corrected chi connectivity index (χ3v) is 3.33. The van der Waals surface area contributed by atoms with Gasteiger partial charge in [0.25, 0.3) is 5.92 Å². The fourth-order valence-electron chi connectivity index (χ4n) is 2.27. The van der Waals surface area contributed by atoms with Gasteiger partial charge in [-0.3, -0.25) is 0 Å². The van der Waals surface area contributed by atoms with Crippen LogP contribution in [-0.4, -0.2) is 48.0 Å². The molecule has 0 saturated heterocycles. The van der Waals surface area contributed by atoms with Gasteiger partial charge in [-0.1, -0.05) is 0 Å². The Kier molecular flexibility index (Phi) is 6.34. The maximum atomic E-state index is 12.9. The highest BCUT2D eigenvalue weighted by molar-refractivity contribution is 5.68. The molecule has 1 saturated carbocycles. The first-order chi connectivity index (χ1) is 9.61. The van der Waals surface area contributed by atoms with Crippen LogP contribution < -0.4 is 10.6 Å². The number of nitrogens with one attached hydrogen (secondary N) is 2. The molecule has 3 N–H and O–H groups in total. The fraction of sp³-hybridized carbons (Fsp3) is 0.929. The Hall–Kier alpha value is -0.950. The molecule has 0 heterocycles. The first-order valence-electron chi connectivity index (χ1n) is 7.33. The molecule has 21 heavy (non-hydrogen) atoms. The van der Waals surface area contributed by atoms with Crippen molar-refractivity contribution >= 4 is 6.09 Å². The van der Waals surface area contributed by atoms with Gasteiger partial charge in [-0.2, -0.15) is 0 Å². The summed E-state index contributed by atoms with van der Waals surface area (Å²) in [5, 5.41) is 14.1. The Bertz CT molecular complexity index is 338. The second-order valence-electron chi connectivity index (χ2n) is 6.59. The minimum absolute atomic E-state index is 0.000823. The molecule has 5 nitrogen and oxygen atoms in total. The molecule has 0 unspecified atom stereocenters. The maximum absolute atomic E-state index is 12.9. The second kappa shape index (κ2) is 7.35. The minimum Gasteiger partial charge on any atom is -0.444 e. The van der Waals surface area contributed by atoms with Crippen molar-refractivity contribution in [1.82, 2.24) is 10.6 Å². The van der Waals surface area contributed by atoms with E-state index in [1.807, 2.05) is 0 Å². The van der Waals surface area contributed by atoms with Crippen molar-refractivity contribution < 1.29 is 23.4 Å². The monoisotopic (exact) mass is 308 g/mol. The predicted molar refractivity (Wildman–Crippen MR) is 75.4 cm³/mol. The SMILES string of the molecule is CC(C)(C)OC(=O)NC1CCC(NCC(F)(F)CO)CC1. The molecule has 0 aromatic heterocycles. The summed E-state index contributed by atoms with van der Waals surface area (Å²) in [5.41, 5.74) is -0.529. The van der Waals surface area contributed by atoms with Crippen molar-refractivity contribution in [3.05, 3.63) is 0 Å². The van der Waals surface area contributed by atoms with Gasteiger partial charge in [0.05, 0.1) is 6.54 Å². The smallest absolute Gasteiger partial charge is 0.407 e. The first-order valence-corrected chi connectivity index (χ1v) is 7.33. The van der Waals surface area contributed by atoms with Gasteiger partial charge in [0.1, 0.15) is 12.2 Å². The Morgan fingerprint density at radius 1 is 1.19 bits per heavy atom. The van der Waals surface area contributed by atoms with Crippen molar-refractivity contribution in [3.63, 3.8) is 0 Å². The molecule has 7 heteroatoms. The zero-order valence-electron chi connectivity index (χ0n) is 12.9. The van der Waals surface area contributed by atoms with Crippen LogP contribution in [0.2, 0.25) is 0 Å². The standard InChI is InChI=1S/C14H26F2N2O3/c1-13(2,3)21-12(20)18-11-6-4-10(5-7-11)17-8-14(15,16)9-19/h10-11,17,19H,4-9H2,1-3H3,(H,18,20). The average Bonchev–Trinajstić information content (AvgIpc) is 2.36. The highest BCUT2D eigenvalue weighted by Crippen LogP contribution is 2.20. The number of hydrogen-bond acceptors (Lipinski definition) is 4. The van der Waals surface area contributed by atoms with Crippen molar-refractivity contribution in [2.24, 2.45) is 0 Å². The molecule has 124 valence electrons. The maximum Gasteiger partial charge on any atom is 0.407 e. The zero-order valence-corrected chi connectivity index (χ0v) is 12.9. The molecule has 0 aromatic rings. The normalized spacial score (nSPS) is 23.7. The topological polar surface area (TPSA) is 70.6 Å². The highest BCUT2D eigenvalue weighted by Gasteiger charge is 2.30. The number of carbonyl (C=O) groups is 1. The van der Waals surface area contributed by atoms with Gasteiger partial charge in [0.2, 0.25) is 0 Å². The van der Waals surface area contributed by atoms with Gasteiger partial charge in [-0.25, -0.2) is 13.6 Å². The van der Waals surface area contributed by atoms with E-state index in [0.29, 0.717) is 12.8 Å². The molecule has 1 amide bonds. The van der Waals surface area contributed by atoms with Gasteiger partial charge < -0.3 is 20.5 Å². The molecule has 0 atom stereocenters. The largest absolute Gasteiger partial charge is 0.444 e. The van der Waals surface area contributed by atoms with Crippen molar-refractivity contribution in [2.45, 2.75) is 70.1 Å². The molecule has 0 spiro atoms. The molecule has 1 aliphatic carbocycles. The summed E-state index contributed by atoms with van der Waals surface area (Å²) in [7, 11) is 0. The van der Waals surface area contributed by atoms with Crippen LogP contribution in [0.25, 0.3) is 0 Å². The number of aliphatic hydroxyl groups excluding tert-OH is 1. The Balaban J connectivity index is 2.25. The Morgan fingerprint density at radius 3 is 2.19 bits per heavy atom. The quantitative estimate of drug-likeness (QED) is 0.727. The highest BCUT2D eigenvalue weighted by atomic mass is 19.3. The van der Waals surface area contributed by atoms with E-state index >= 15 is 0 Å². The number of hydrogen-bond donors (Lipinski definition) is 3. The van der Waals surface area contributed by atoms with Crippen LogP contribution in [0.3, 0.4) is 0 Å². The van der Waals surface area contributed by atoms with Crippen molar-refractivity contribution in [2.75, 3.05) is 13.2 Å². The molecule has 0 aliphatic heterocycles. The first kappa shape index (κ1) is 18.1. The van der Waals surface area contributed by atoms with E-state index in [2.05, 4.69) is 10.6 Å². The summed E-state index contributed by atoms with van der Waals surface area (Å²) in [5.74, 6) is -3.08. The summed E-state index contributed by atoms with van der Waals surface area (Å²) in [6.07, 6.45) is 2.43. The van der Waals surface area contributed by atoms with Crippen LogP contribution in [-0.2, 0) is 4.74 Å². The molecule has 1 aliphatic rings. The lowest BCUT2D eigenvalue weighted by Gasteiger charge is -2.31. The lowest BCUT2D eigenvalue weighted by atomic mass is 9.91. The minimum atomic E-state index is -3.08. The lowest BCUT2D eigenvalue weighted by Crippen LogP contribution is -2.46. The third-order valence-electron chi connectivity index (χ3n) is 3.33. The molecule has 0 radical (unpaired) electrons. The van der Waals surface area contributed by atoms with Gasteiger partial charge in [0.15, 0.2) is 0 Å². The second-order valence-corrected chi connectivity index (χ2v) is 6.59. The predicted octanol–water partition coefficient (Wildman–Crippen LogP) is 2.04. The van der Waals surface area contributed by atoms with Gasteiger partial charge >= 0.3 is 6.09 Å². The Morgan fingerprint density at radius 2 is 1.71 bits per heavy atom. The summed E-state index contributed by atoms with van der Waals surface area (Å²) >= 11 is 0. The number of carbonyl (C=O) groups excluding carboxylic acids is 1. The molecule has 0 bridgehead atoms. The zero-order chi connectivity index (χ0) is 16.1. The molecular weight excluding hydrogens is 282 g/mol. The molecule has 0 aromatic carbocycles. The lowest BCUT2D eigenvalue weighted by molar-refractivity contribution is -0.0500. The summed E-state index contributed by atoms with van der Waals surface area (Å²) in [4.78, 5) is 11.6. The number of alkyl halides is 2. The van der Waals surface area contributed by atoms with Crippen molar-refractivity contribution in [1.29, 1.82) is 0 Å². The van der Waals surface area contributed by atoms with Gasteiger partial charge in [-0.15, -0.1) is 0 Å². The van der Waals surface area contributed by atoms with E-state index in [4.69, 9.17) is 9.84 Å². The van der Waals surface area contributed by atoms with Crippen molar-refractivity contribution in [3.8, 4) is 0 Å². The van der Waals surface area contributed by atoms with E-state index in [1.165, 1.54) is 0 Å². The van der Waals surface area contributed by atoms with E-state index in [9.17, 15) is 13.6 Å². The molecule has 1 fully saturated rings. The van der Waals surface area contributed by atoms with E-state index < -0.39 is 30.8 Å². The number of aliphatic hydroxyl groups is 1. The molecular formula is C14H26F2N2O3. The number of amides is 1. The van der Waals surface area contributed by atoms with Crippen LogP contribution in [0, 0.1) is 0 Å². The van der Waals surface area contributed by atoms with Crippen LogP contribution in [0.15, 0.2) is 0 Å². The fourth-order valence-corrected chi connectivity index (χ4v) is 2.27. The third kappa shape index (κ3) is 7.57. The van der Waals surface area contributed by atoms with Crippen LogP contribution in [0.4, 0.5) is 13.6 Å². The number of halogens is 2. The van der Waals surface area contributed by atoms with E-state index in [0.717, 1.165) is 12.8 Å². The van der Waals surface area contributed by atoms with Crippen LogP contribution >= 0.6 is 0 Å². The summed E-state index contributed by atoms with van der Waals surface area (Å²) in [6.45, 7) is 3.74. The average molecular weight is 308 g/mol. The number of ether oxygens (including phenoxy) is 1. The van der Waals surface area contributed by atoms with E-state index in [-0.39, 0.29) is 12.1 Å². The number of alkyl carbamates (subject to hydrolysis) is 1. The number of rotatable bonds is 5.